The van der Waals surface area contributed by atoms with Crippen LogP contribution in [0.15, 0.2) is 36.4 Å². The Balaban J connectivity index is 1.79. The van der Waals surface area contributed by atoms with Crippen molar-refractivity contribution in [2.24, 2.45) is 0 Å². The molecule has 146 valence electrons. The van der Waals surface area contributed by atoms with E-state index in [0.29, 0.717) is 31.9 Å². The third-order valence-corrected chi connectivity index (χ3v) is 5.12. The van der Waals surface area contributed by atoms with Crippen LogP contribution in [0.1, 0.15) is 31.1 Å². The molecule has 3 N–H and O–H groups in total. The van der Waals surface area contributed by atoms with Crippen molar-refractivity contribution < 1.29 is 9.59 Å². The second kappa shape index (κ2) is 7.95. The van der Waals surface area contributed by atoms with E-state index in [9.17, 15) is 9.59 Å². The van der Waals surface area contributed by atoms with E-state index in [2.05, 4.69) is 20.9 Å². The van der Waals surface area contributed by atoms with E-state index in [-0.39, 0.29) is 17.5 Å². The van der Waals surface area contributed by atoms with Crippen LogP contribution in [0.5, 0.6) is 0 Å². The van der Waals surface area contributed by atoms with Crippen molar-refractivity contribution in [3.05, 3.63) is 52.0 Å². The van der Waals surface area contributed by atoms with Gasteiger partial charge in [-0.1, -0.05) is 40.6 Å². The lowest BCUT2D eigenvalue weighted by Crippen LogP contribution is -2.43. The second-order valence-corrected chi connectivity index (χ2v) is 8.93. The fourth-order valence-electron chi connectivity index (χ4n) is 2.39. The molecule has 0 fully saturated rings. The number of nitrogens with one attached hydrogen (secondary N) is 3. The van der Waals surface area contributed by atoms with Gasteiger partial charge in [0.2, 0.25) is 0 Å². The van der Waals surface area contributed by atoms with Crippen LogP contribution < -0.4 is 16.0 Å². The van der Waals surface area contributed by atoms with Crippen molar-refractivity contribution in [1.82, 2.24) is 10.3 Å². The van der Waals surface area contributed by atoms with Gasteiger partial charge in [0.25, 0.3) is 5.91 Å². The summed E-state index contributed by atoms with van der Waals surface area (Å²) >= 11 is 13.5. The summed E-state index contributed by atoms with van der Waals surface area (Å²) < 4.78 is 0.768. The number of rotatable bonds is 3. The van der Waals surface area contributed by atoms with E-state index in [4.69, 9.17) is 23.2 Å². The van der Waals surface area contributed by atoms with E-state index in [1.807, 2.05) is 20.8 Å². The summed E-state index contributed by atoms with van der Waals surface area (Å²) in [6.45, 7) is 5.67. The predicted molar refractivity (Wildman–Crippen MR) is 116 cm³/mol. The van der Waals surface area contributed by atoms with Gasteiger partial charge in [0, 0.05) is 11.1 Å². The number of halogens is 2. The van der Waals surface area contributed by atoms with Crippen molar-refractivity contribution in [1.29, 1.82) is 0 Å². The fourth-order valence-corrected chi connectivity index (χ4v) is 3.78. The highest BCUT2D eigenvalue weighted by atomic mass is 35.5. The molecular weight excluding hydrogens is 419 g/mol. The van der Waals surface area contributed by atoms with E-state index >= 15 is 0 Å². The Morgan fingerprint density at radius 3 is 2.36 bits per heavy atom. The molecule has 0 radical (unpaired) electrons. The number of carbonyl (C=O) groups excluding carboxylic acids is 2. The van der Waals surface area contributed by atoms with Gasteiger partial charge in [-0.3, -0.25) is 10.1 Å². The van der Waals surface area contributed by atoms with Crippen LogP contribution in [0.4, 0.5) is 15.6 Å². The second-order valence-electron chi connectivity index (χ2n) is 7.08. The fraction of sp³-hybridized carbons (Fsp3) is 0.211. The van der Waals surface area contributed by atoms with Crippen LogP contribution in [-0.4, -0.2) is 22.5 Å². The average molecular weight is 437 g/mol. The summed E-state index contributed by atoms with van der Waals surface area (Å²) in [4.78, 5) is 28.9. The molecule has 0 aliphatic heterocycles. The molecule has 0 saturated heterocycles. The number of hydrogen-bond donors (Lipinski definition) is 3. The zero-order valence-corrected chi connectivity index (χ0v) is 17.7. The Bertz CT molecular complexity index is 1040. The van der Waals surface area contributed by atoms with Crippen LogP contribution in [0.2, 0.25) is 10.0 Å². The minimum atomic E-state index is -0.355. The zero-order chi connectivity index (χ0) is 20.5. The number of anilines is 2. The van der Waals surface area contributed by atoms with E-state index in [1.54, 1.807) is 36.4 Å². The van der Waals surface area contributed by atoms with Crippen LogP contribution in [0, 0.1) is 0 Å². The average Bonchev–Trinajstić information content (AvgIpc) is 2.97. The van der Waals surface area contributed by atoms with Gasteiger partial charge in [0.15, 0.2) is 5.13 Å². The first-order valence-corrected chi connectivity index (χ1v) is 9.95. The summed E-state index contributed by atoms with van der Waals surface area (Å²) in [5, 5.41) is 9.41. The molecule has 0 bridgehead atoms. The smallest absolute Gasteiger partial charge is 0.321 e. The molecule has 1 aromatic heterocycles. The number of carbonyl (C=O) groups is 2. The molecule has 0 aliphatic carbocycles. The molecule has 3 aromatic rings. The Labute approximate surface area is 176 Å². The largest absolute Gasteiger partial charge is 0.333 e. The minimum Gasteiger partial charge on any atom is -0.333 e. The van der Waals surface area contributed by atoms with Crippen molar-refractivity contribution in [3.8, 4) is 0 Å². The number of urea groups is 1. The Morgan fingerprint density at radius 1 is 1.04 bits per heavy atom. The summed E-state index contributed by atoms with van der Waals surface area (Å²) in [5.41, 5.74) is 1.12. The van der Waals surface area contributed by atoms with Gasteiger partial charge < -0.3 is 10.6 Å². The Morgan fingerprint density at radius 2 is 1.71 bits per heavy atom. The summed E-state index contributed by atoms with van der Waals surface area (Å²) in [5.74, 6) is -0.342. The Kier molecular flexibility index (Phi) is 5.79. The monoisotopic (exact) mass is 436 g/mol. The number of fused-ring (bicyclic) bond motifs is 1. The minimum absolute atomic E-state index is 0.335. The lowest BCUT2D eigenvalue weighted by atomic mass is 10.1. The van der Waals surface area contributed by atoms with Gasteiger partial charge in [-0.15, -0.1) is 0 Å². The molecule has 9 heteroatoms. The van der Waals surface area contributed by atoms with E-state index in [1.165, 1.54) is 11.3 Å². The summed E-state index contributed by atoms with van der Waals surface area (Å²) in [6, 6.07) is 9.75. The third kappa shape index (κ3) is 4.92. The number of nitrogens with zero attached hydrogens (tertiary/aromatic N) is 1. The quantitative estimate of drug-likeness (QED) is 0.486. The first-order chi connectivity index (χ1) is 13.1. The number of amides is 3. The molecule has 6 nitrogen and oxygen atoms in total. The maximum atomic E-state index is 12.6. The highest BCUT2D eigenvalue weighted by molar-refractivity contribution is 7.22. The van der Waals surface area contributed by atoms with Crippen LogP contribution in [0.25, 0.3) is 10.2 Å². The molecule has 28 heavy (non-hydrogen) atoms. The third-order valence-electron chi connectivity index (χ3n) is 3.56. The summed E-state index contributed by atoms with van der Waals surface area (Å²) in [6.07, 6.45) is 0. The van der Waals surface area contributed by atoms with Gasteiger partial charge in [0.05, 0.1) is 25.9 Å². The number of aromatic nitrogens is 1. The lowest BCUT2D eigenvalue weighted by molar-refractivity contribution is 0.102. The van der Waals surface area contributed by atoms with E-state index in [0.717, 1.165) is 4.70 Å². The van der Waals surface area contributed by atoms with E-state index < -0.39 is 0 Å². The molecule has 2 aromatic carbocycles. The van der Waals surface area contributed by atoms with Crippen LogP contribution >= 0.6 is 34.5 Å². The molecule has 3 amide bonds. The molecule has 0 spiro atoms. The highest BCUT2D eigenvalue weighted by Crippen LogP contribution is 2.31. The van der Waals surface area contributed by atoms with Gasteiger partial charge in [-0.25, -0.2) is 9.78 Å². The molecule has 0 atom stereocenters. The Hall–Kier alpha value is -2.35. The first-order valence-electron chi connectivity index (χ1n) is 8.37. The number of thiazole rings is 1. The number of hydrogen-bond acceptors (Lipinski definition) is 4. The maximum Gasteiger partial charge on any atom is 0.321 e. The first kappa shape index (κ1) is 20.4. The lowest BCUT2D eigenvalue weighted by Gasteiger charge is -2.19. The molecule has 1 heterocycles. The normalized spacial score (nSPS) is 11.3. The van der Waals surface area contributed by atoms with Gasteiger partial charge in [-0.05, 0) is 51.1 Å². The topological polar surface area (TPSA) is 83.1 Å². The van der Waals surface area contributed by atoms with Gasteiger partial charge in [-0.2, -0.15) is 0 Å². The molecule has 0 unspecified atom stereocenters. The summed E-state index contributed by atoms with van der Waals surface area (Å²) in [7, 11) is 0. The van der Waals surface area contributed by atoms with Crippen molar-refractivity contribution in [3.63, 3.8) is 0 Å². The van der Waals surface area contributed by atoms with Crippen molar-refractivity contribution >= 4 is 67.5 Å². The number of benzene rings is 2. The molecule has 0 aliphatic rings. The maximum absolute atomic E-state index is 12.6. The SMILES string of the molecule is CC(C)(C)NC(=O)Nc1nc2ccc(C(=O)Nc3c(Cl)cccc3Cl)cc2s1. The number of para-hydroxylation sites is 1. The predicted octanol–water partition coefficient (Wildman–Crippen LogP) is 5.78. The van der Waals surface area contributed by atoms with Gasteiger partial charge >= 0.3 is 6.03 Å². The zero-order valence-electron chi connectivity index (χ0n) is 15.4. The molecule has 0 saturated carbocycles. The van der Waals surface area contributed by atoms with Crippen LogP contribution in [-0.2, 0) is 0 Å². The molecular formula is C19H18Cl2N4O2S. The highest BCUT2D eigenvalue weighted by Gasteiger charge is 2.16. The van der Waals surface area contributed by atoms with Crippen molar-refractivity contribution in [2.75, 3.05) is 10.6 Å². The molecule has 3 rings (SSSR count). The van der Waals surface area contributed by atoms with Gasteiger partial charge in [0.1, 0.15) is 0 Å². The van der Waals surface area contributed by atoms with Crippen molar-refractivity contribution in [2.45, 2.75) is 26.3 Å². The standard InChI is InChI=1S/C19H18Cl2N4O2S/c1-19(2,3)25-17(27)24-18-22-13-8-7-10(9-14(13)28-18)16(26)23-15-11(20)5-4-6-12(15)21/h4-9H,1-3H3,(H,23,26)(H2,22,24,25,27). The van der Waals surface area contributed by atoms with Crippen LogP contribution in [0.3, 0.4) is 0 Å².